The number of nitrogens with one attached hydrogen (secondary N) is 1. The third-order valence-corrected chi connectivity index (χ3v) is 6.37. The van der Waals surface area contributed by atoms with Gasteiger partial charge in [0.2, 0.25) is 10.0 Å². The Balaban J connectivity index is 1.80. The monoisotopic (exact) mass is 451 g/mol. The Morgan fingerprint density at radius 3 is 2.41 bits per heavy atom. The van der Waals surface area contributed by atoms with Gasteiger partial charge < -0.3 is 16.5 Å². The summed E-state index contributed by atoms with van der Waals surface area (Å²) in [6.45, 7) is 0.711. The number of sulfonamides is 1. The van der Waals surface area contributed by atoms with Crippen molar-refractivity contribution in [3.05, 3.63) is 82.8 Å². The van der Waals surface area contributed by atoms with E-state index in [9.17, 15) is 13.2 Å². The average Bonchev–Trinajstić information content (AvgIpc) is 3.17. The lowest BCUT2D eigenvalue weighted by Gasteiger charge is -2.18. The summed E-state index contributed by atoms with van der Waals surface area (Å²) in [5, 5.41) is 19.8. The van der Waals surface area contributed by atoms with Crippen LogP contribution in [0.4, 0.5) is 0 Å². The number of hydrogen-bond donors (Lipinski definition) is 4. The molecule has 0 fully saturated rings. The van der Waals surface area contributed by atoms with Crippen LogP contribution in [0.25, 0.3) is 11.3 Å². The van der Waals surface area contributed by atoms with Crippen molar-refractivity contribution >= 4 is 27.7 Å². The summed E-state index contributed by atoms with van der Waals surface area (Å²) in [5.41, 5.74) is 10.3. The Morgan fingerprint density at radius 1 is 1.12 bits per heavy atom. The highest BCUT2D eigenvalue weighted by Crippen LogP contribution is 2.32. The number of allylic oxidation sites excluding steroid dienone is 2. The van der Waals surface area contributed by atoms with Gasteiger partial charge >= 0.3 is 0 Å². The van der Waals surface area contributed by atoms with Gasteiger partial charge in [0, 0.05) is 23.8 Å². The number of rotatable bonds is 7. The summed E-state index contributed by atoms with van der Waals surface area (Å²) in [5.74, 6) is -0.651. The standard InChI is InChI=1S/C22H22N6O3S/c23-12-18-19(26-13-14-4-2-1-3-5-14)11-10-17-20(22(24)29)27-28(21(17)18)15-6-8-16(9-7-15)32(25,30)31/h1-9,12,23,26H,10-11,13H2,(H2,24,29)(H2,25,30,31)/p+1. The minimum absolute atomic E-state index is 0.0305. The maximum atomic E-state index is 12.1. The second-order valence-corrected chi connectivity index (χ2v) is 9.03. The molecule has 9 nitrogen and oxygen atoms in total. The molecule has 0 bridgehead atoms. The number of quaternary nitrogens is 1. The second-order valence-electron chi connectivity index (χ2n) is 7.47. The molecule has 1 heterocycles. The van der Waals surface area contributed by atoms with E-state index in [2.05, 4.69) is 10.4 Å². The number of nitrogens with two attached hydrogens (primary N) is 3. The predicted molar refractivity (Wildman–Crippen MR) is 120 cm³/mol. The highest BCUT2D eigenvalue weighted by molar-refractivity contribution is 7.89. The Hall–Kier alpha value is -3.60. The number of nitrogens with zero attached hydrogens (tertiary/aromatic N) is 2. The number of aromatic nitrogens is 2. The molecular formula is C22H23N6O3S+. The first-order chi connectivity index (χ1) is 15.3. The normalized spacial score (nSPS) is 13.7. The number of carbonyl (C=O) groups is 1. The summed E-state index contributed by atoms with van der Waals surface area (Å²) < 4.78 is 24.7. The topological polar surface area (TPSA) is 162 Å². The van der Waals surface area contributed by atoms with Crippen LogP contribution >= 0.6 is 0 Å². The van der Waals surface area contributed by atoms with Crippen LogP contribution in [-0.2, 0) is 23.0 Å². The quantitative estimate of drug-likeness (QED) is 0.389. The molecule has 0 aliphatic heterocycles. The fraction of sp³-hybridized carbons (Fsp3) is 0.136. The molecule has 10 heteroatoms. The first kappa shape index (κ1) is 21.6. The molecule has 0 atom stereocenters. The molecule has 0 saturated carbocycles. The molecule has 3 aromatic rings. The van der Waals surface area contributed by atoms with Crippen molar-refractivity contribution in [1.29, 1.82) is 5.41 Å². The van der Waals surface area contributed by atoms with Crippen molar-refractivity contribution in [2.75, 3.05) is 0 Å². The number of hydrogen-bond acceptors (Lipinski definition) is 5. The molecule has 0 radical (unpaired) electrons. The van der Waals surface area contributed by atoms with Crippen LogP contribution in [0.3, 0.4) is 0 Å². The number of primary sulfonamides is 1. The third kappa shape index (κ3) is 4.11. The SMILES string of the molecule is N=CC1=C([NH2+]Cc2ccccc2)CCc2c(C(N)=O)nn(-c3ccc(S(N)(=O)=O)cc3)c21. The Bertz CT molecular complexity index is 1330. The van der Waals surface area contributed by atoms with E-state index in [1.54, 1.807) is 12.1 Å². The van der Waals surface area contributed by atoms with Gasteiger partial charge in [0.25, 0.3) is 5.91 Å². The predicted octanol–water partition coefficient (Wildman–Crippen LogP) is 0.689. The van der Waals surface area contributed by atoms with E-state index in [-0.39, 0.29) is 10.6 Å². The lowest BCUT2D eigenvalue weighted by molar-refractivity contribution is -0.624. The molecule has 164 valence electrons. The van der Waals surface area contributed by atoms with Crippen LogP contribution in [0.5, 0.6) is 0 Å². The molecule has 1 amide bonds. The fourth-order valence-corrected chi connectivity index (χ4v) is 4.42. The number of carbonyl (C=O) groups excluding carboxylic acids is 1. The largest absolute Gasteiger partial charge is 0.364 e. The van der Waals surface area contributed by atoms with Crippen molar-refractivity contribution < 1.29 is 18.5 Å². The van der Waals surface area contributed by atoms with Gasteiger partial charge in [-0.1, -0.05) is 30.3 Å². The van der Waals surface area contributed by atoms with Crippen molar-refractivity contribution in [2.24, 2.45) is 10.9 Å². The van der Waals surface area contributed by atoms with E-state index in [0.29, 0.717) is 41.9 Å². The van der Waals surface area contributed by atoms with Gasteiger partial charge in [0.15, 0.2) is 5.69 Å². The van der Waals surface area contributed by atoms with Gasteiger partial charge in [0.1, 0.15) is 12.2 Å². The molecule has 0 saturated heterocycles. The van der Waals surface area contributed by atoms with Crippen LogP contribution in [0, 0.1) is 5.41 Å². The molecule has 0 unspecified atom stereocenters. The average molecular weight is 452 g/mol. The Labute approximate surface area is 185 Å². The van der Waals surface area contributed by atoms with Gasteiger partial charge in [-0.05, 0) is 30.7 Å². The highest BCUT2D eigenvalue weighted by Gasteiger charge is 2.30. The first-order valence-electron chi connectivity index (χ1n) is 9.95. The van der Waals surface area contributed by atoms with Gasteiger partial charge in [-0.15, -0.1) is 0 Å². The summed E-state index contributed by atoms with van der Waals surface area (Å²) >= 11 is 0. The van der Waals surface area contributed by atoms with Gasteiger partial charge in [0.05, 0.1) is 21.8 Å². The van der Waals surface area contributed by atoms with Crippen LogP contribution in [0.1, 0.15) is 33.7 Å². The molecule has 1 aromatic heterocycles. The third-order valence-electron chi connectivity index (χ3n) is 5.44. The molecule has 1 aliphatic rings. The number of primary amides is 1. The minimum Gasteiger partial charge on any atom is -0.364 e. The van der Waals surface area contributed by atoms with Crippen LogP contribution in [-0.4, -0.2) is 30.3 Å². The first-order valence-corrected chi connectivity index (χ1v) is 11.5. The van der Waals surface area contributed by atoms with Crippen molar-refractivity contribution in [1.82, 2.24) is 9.78 Å². The van der Waals surface area contributed by atoms with Crippen LogP contribution in [0.2, 0.25) is 0 Å². The zero-order valence-corrected chi connectivity index (χ0v) is 18.0. The molecule has 7 N–H and O–H groups in total. The summed E-state index contributed by atoms with van der Waals surface area (Å²) in [6.07, 6.45) is 2.47. The maximum Gasteiger partial charge on any atom is 0.269 e. The molecular weight excluding hydrogens is 428 g/mol. The van der Waals surface area contributed by atoms with E-state index in [4.69, 9.17) is 16.3 Å². The van der Waals surface area contributed by atoms with Gasteiger partial charge in [-0.2, -0.15) is 5.10 Å². The zero-order valence-electron chi connectivity index (χ0n) is 17.2. The fourth-order valence-electron chi connectivity index (χ4n) is 3.90. The van der Waals surface area contributed by atoms with E-state index >= 15 is 0 Å². The van der Waals surface area contributed by atoms with Crippen LogP contribution < -0.4 is 16.2 Å². The van der Waals surface area contributed by atoms with E-state index in [1.165, 1.54) is 23.0 Å². The number of fused-ring (bicyclic) bond motifs is 1. The highest BCUT2D eigenvalue weighted by atomic mass is 32.2. The lowest BCUT2D eigenvalue weighted by atomic mass is 9.92. The van der Waals surface area contributed by atoms with Crippen LogP contribution in [0.15, 0.2) is 65.2 Å². The van der Waals surface area contributed by atoms with Crippen molar-refractivity contribution in [3.63, 3.8) is 0 Å². The summed E-state index contributed by atoms with van der Waals surface area (Å²) in [7, 11) is -3.84. The zero-order chi connectivity index (χ0) is 22.9. The van der Waals surface area contributed by atoms with E-state index < -0.39 is 15.9 Å². The summed E-state index contributed by atoms with van der Waals surface area (Å²) in [4.78, 5) is 12.0. The number of benzene rings is 2. The Morgan fingerprint density at radius 2 is 1.81 bits per heavy atom. The molecule has 0 spiro atoms. The molecule has 1 aliphatic carbocycles. The van der Waals surface area contributed by atoms with Gasteiger partial charge in [-0.3, -0.25) is 4.79 Å². The summed E-state index contributed by atoms with van der Waals surface area (Å²) in [6, 6.07) is 15.9. The van der Waals surface area contributed by atoms with Crippen molar-refractivity contribution in [3.8, 4) is 5.69 Å². The van der Waals surface area contributed by atoms with E-state index in [1.807, 2.05) is 30.3 Å². The molecule has 4 rings (SSSR count). The number of amides is 1. The van der Waals surface area contributed by atoms with Crippen molar-refractivity contribution in [2.45, 2.75) is 24.3 Å². The van der Waals surface area contributed by atoms with E-state index in [0.717, 1.165) is 11.3 Å². The molecule has 32 heavy (non-hydrogen) atoms. The molecule has 2 aromatic carbocycles. The smallest absolute Gasteiger partial charge is 0.269 e. The maximum absolute atomic E-state index is 12.1. The van der Waals surface area contributed by atoms with Gasteiger partial charge in [-0.25, -0.2) is 18.2 Å². The minimum atomic E-state index is -3.84. The lowest BCUT2D eigenvalue weighted by Crippen LogP contribution is -2.81. The second kappa shape index (κ2) is 8.50. The Kier molecular flexibility index (Phi) is 5.74.